The quantitative estimate of drug-likeness (QED) is 0.831. The summed E-state index contributed by atoms with van der Waals surface area (Å²) < 4.78 is 9.54. The highest BCUT2D eigenvalue weighted by atomic mass is 35.5. The van der Waals surface area contributed by atoms with Gasteiger partial charge in [0.1, 0.15) is 10.8 Å². The minimum Gasteiger partial charge on any atom is -0.468 e. The van der Waals surface area contributed by atoms with E-state index in [1.54, 1.807) is 19.1 Å². The van der Waals surface area contributed by atoms with Gasteiger partial charge in [-0.25, -0.2) is 4.98 Å². The van der Waals surface area contributed by atoms with Crippen LogP contribution in [0, 0.1) is 6.92 Å². The van der Waals surface area contributed by atoms with Crippen molar-refractivity contribution < 1.29 is 13.9 Å². The number of oxazole rings is 1. The number of allylic oxidation sites excluding steroid dienone is 2. The molecular formula is C15H18ClN3O3S. The molecule has 2 rings (SSSR count). The largest absolute Gasteiger partial charge is 0.468 e. The predicted octanol–water partition coefficient (Wildman–Crippen LogP) is 2.70. The second-order valence-electron chi connectivity index (χ2n) is 4.12. The number of halogens is 1. The summed E-state index contributed by atoms with van der Waals surface area (Å²) in [6.45, 7) is 10.2. The minimum absolute atomic E-state index is 0.362. The lowest BCUT2D eigenvalue weighted by Gasteiger charge is -1.92. The van der Waals surface area contributed by atoms with Gasteiger partial charge >= 0.3 is 6.01 Å². The lowest BCUT2D eigenvalue weighted by molar-refractivity contribution is -0.128. The van der Waals surface area contributed by atoms with E-state index < -0.39 is 0 Å². The molecule has 0 fully saturated rings. The fraction of sp³-hybridized carbons (Fsp3) is 0.267. The van der Waals surface area contributed by atoms with E-state index in [1.807, 2.05) is 19.2 Å². The van der Waals surface area contributed by atoms with E-state index >= 15 is 0 Å². The van der Waals surface area contributed by atoms with Gasteiger partial charge in [0.05, 0.1) is 12.3 Å². The molecule has 2 heterocycles. The van der Waals surface area contributed by atoms with Crippen LogP contribution in [0.15, 0.2) is 20.9 Å². The van der Waals surface area contributed by atoms with Crippen LogP contribution in [-0.2, 0) is 9.53 Å². The number of rotatable bonds is 5. The Morgan fingerprint density at radius 1 is 1.57 bits per heavy atom. The van der Waals surface area contributed by atoms with E-state index in [0.717, 1.165) is 10.8 Å². The molecule has 2 aromatic heterocycles. The van der Waals surface area contributed by atoms with Crippen LogP contribution in [0.25, 0.3) is 12.7 Å². The average molecular weight is 356 g/mol. The Balaban J connectivity index is 0.000000463. The maximum atomic E-state index is 9.18. The molecule has 0 amide bonds. The number of aromatic nitrogens is 2. The molecule has 0 aliphatic heterocycles. The van der Waals surface area contributed by atoms with E-state index in [2.05, 4.69) is 26.6 Å². The Kier molecular flexibility index (Phi) is 8.07. The summed E-state index contributed by atoms with van der Waals surface area (Å²) in [7, 11) is 0. The summed E-state index contributed by atoms with van der Waals surface area (Å²) >= 11 is 7.40. The first kappa shape index (κ1) is 18.9. The van der Waals surface area contributed by atoms with Gasteiger partial charge < -0.3 is 9.15 Å². The smallest absolute Gasteiger partial charge is 0.302 e. The fourth-order valence-corrected chi connectivity index (χ4v) is 2.10. The van der Waals surface area contributed by atoms with Crippen molar-refractivity contribution in [3.05, 3.63) is 32.9 Å². The van der Waals surface area contributed by atoms with Gasteiger partial charge in [0.15, 0.2) is 5.13 Å². The van der Waals surface area contributed by atoms with Gasteiger partial charge in [-0.15, -0.1) is 11.3 Å². The van der Waals surface area contributed by atoms with Crippen molar-refractivity contribution in [2.75, 3.05) is 11.9 Å². The third-order valence-electron chi connectivity index (χ3n) is 2.35. The number of ether oxygens (including phenoxy) is 1. The molecule has 8 heteroatoms. The van der Waals surface area contributed by atoms with Crippen molar-refractivity contribution >= 4 is 53.2 Å². The Morgan fingerprint density at radius 3 is 2.78 bits per heavy atom. The standard InChI is InChI=1S/C12H12ClN3OS.C3H6O2/c1-4-9(13)5-10-8(3)17-11(15-10)16-12-14-7(2)6-18-12;1-2-5-3-4/h4-6H,3H2,1-2H3,(H,14,15,16);3H,2H2,1H3/b9-4+,10-5+;. The molecule has 0 saturated heterocycles. The fourth-order valence-electron chi connectivity index (χ4n) is 1.31. The van der Waals surface area contributed by atoms with Crippen molar-refractivity contribution in [2.24, 2.45) is 0 Å². The summed E-state index contributed by atoms with van der Waals surface area (Å²) in [5.41, 5.74) is 1.42. The maximum absolute atomic E-state index is 9.18. The van der Waals surface area contributed by atoms with Gasteiger partial charge in [0.25, 0.3) is 6.47 Å². The third-order valence-corrected chi connectivity index (χ3v) is 3.55. The highest BCUT2D eigenvalue weighted by Crippen LogP contribution is 2.17. The zero-order valence-electron chi connectivity index (χ0n) is 13.1. The highest BCUT2D eigenvalue weighted by molar-refractivity contribution is 7.13. The number of thiazole rings is 1. The van der Waals surface area contributed by atoms with Crippen LogP contribution in [0.3, 0.4) is 0 Å². The van der Waals surface area contributed by atoms with Crippen LogP contribution in [0.2, 0.25) is 0 Å². The molecule has 0 spiro atoms. The molecule has 0 unspecified atom stereocenters. The van der Waals surface area contributed by atoms with Crippen LogP contribution < -0.4 is 16.1 Å². The molecule has 0 atom stereocenters. The van der Waals surface area contributed by atoms with E-state index in [9.17, 15) is 4.79 Å². The van der Waals surface area contributed by atoms with Gasteiger partial charge in [-0.3, -0.25) is 10.1 Å². The molecule has 0 aliphatic carbocycles. The number of carbonyl (C=O) groups is 1. The summed E-state index contributed by atoms with van der Waals surface area (Å²) in [6.07, 6.45) is 3.47. The molecule has 124 valence electrons. The monoisotopic (exact) mass is 355 g/mol. The van der Waals surface area contributed by atoms with Crippen LogP contribution in [0.5, 0.6) is 0 Å². The lowest BCUT2D eigenvalue weighted by atomic mass is 10.4. The molecule has 0 bridgehead atoms. The molecule has 0 aromatic carbocycles. The number of hydrogen-bond acceptors (Lipinski definition) is 7. The lowest BCUT2D eigenvalue weighted by Crippen LogP contribution is -2.20. The van der Waals surface area contributed by atoms with Gasteiger partial charge in [0.2, 0.25) is 0 Å². The molecule has 0 radical (unpaired) electrons. The van der Waals surface area contributed by atoms with Gasteiger partial charge in [-0.05, 0) is 26.8 Å². The first-order valence-corrected chi connectivity index (χ1v) is 7.99. The van der Waals surface area contributed by atoms with Crippen molar-refractivity contribution in [1.29, 1.82) is 0 Å². The third kappa shape index (κ3) is 6.66. The highest BCUT2D eigenvalue weighted by Gasteiger charge is 2.04. The number of nitrogens with one attached hydrogen (secondary N) is 1. The topological polar surface area (TPSA) is 77.2 Å². The van der Waals surface area contributed by atoms with Crippen molar-refractivity contribution in [3.63, 3.8) is 0 Å². The summed E-state index contributed by atoms with van der Waals surface area (Å²) in [4.78, 5) is 17.7. The summed E-state index contributed by atoms with van der Waals surface area (Å²) in [5.74, 6) is 0. The molecule has 23 heavy (non-hydrogen) atoms. The van der Waals surface area contributed by atoms with Crippen molar-refractivity contribution in [1.82, 2.24) is 9.97 Å². The van der Waals surface area contributed by atoms with Crippen molar-refractivity contribution in [2.45, 2.75) is 20.8 Å². The second-order valence-corrected chi connectivity index (χ2v) is 5.41. The molecule has 1 N–H and O–H groups in total. The number of aryl methyl sites for hydroxylation is 1. The molecule has 0 saturated carbocycles. The molecule has 0 aliphatic rings. The Morgan fingerprint density at radius 2 is 2.30 bits per heavy atom. The van der Waals surface area contributed by atoms with Crippen LogP contribution in [0.4, 0.5) is 11.1 Å². The minimum atomic E-state index is 0.362. The zero-order valence-corrected chi connectivity index (χ0v) is 14.7. The Labute approximate surface area is 143 Å². The number of hydrogen-bond donors (Lipinski definition) is 1. The first-order chi connectivity index (χ1) is 11.0. The van der Waals surface area contributed by atoms with E-state index in [0.29, 0.717) is 34.9 Å². The summed E-state index contributed by atoms with van der Waals surface area (Å²) in [5, 5.41) is 6.86. The summed E-state index contributed by atoms with van der Waals surface area (Å²) in [6, 6.07) is 0.362. The number of nitrogens with zero attached hydrogens (tertiary/aromatic N) is 2. The normalized spacial score (nSPS) is 11.7. The Bertz CT molecular complexity index is 767. The average Bonchev–Trinajstić information content (AvgIpc) is 3.07. The van der Waals surface area contributed by atoms with Crippen molar-refractivity contribution in [3.8, 4) is 0 Å². The predicted molar refractivity (Wildman–Crippen MR) is 93.2 cm³/mol. The van der Waals surface area contributed by atoms with Gasteiger partial charge in [0, 0.05) is 10.4 Å². The molecular weight excluding hydrogens is 338 g/mol. The maximum Gasteiger partial charge on any atom is 0.302 e. The second kappa shape index (κ2) is 9.81. The SMILES string of the molecule is C=c1oc(Nc2nc(C)cs2)n/c1=C/C(Cl)=C\C.CCOC=O. The van der Waals surface area contributed by atoms with Gasteiger partial charge in [-0.2, -0.15) is 4.98 Å². The van der Waals surface area contributed by atoms with E-state index in [4.69, 9.17) is 16.0 Å². The van der Waals surface area contributed by atoms with Crippen LogP contribution in [0.1, 0.15) is 19.5 Å². The molecule has 6 nitrogen and oxygen atoms in total. The molecule has 2 aromatic rings. The number of carbonyl (C=O) groups excluding carboxylic acids is 1. The Hall–Kier alpha value is -2.12. The van der Waals surface area contributed by atoms with Crippen LogP contribution in [-0.4, -0.2) is 23.0 Å². The van der Waals surface area contributed by atoms with Gasteiger partial charge in [-0.1, -0.05) is 24.3 Å². The first-order valence-electron chi connectivity index (χ1n) is 6.73. The van der Waals surface area contributed by atoms with Crippen LogP contribution >= 0.6 is 22.9 Å². The zero-order chi connectivity index (χ0) is 17.2. The van der Waals surface area contributed by atoms with E-state index in [1.165, 1.54) is 11.3 Å². The van der Waals surface area contributed by atoms with E-state index in [-0.39, 0.29) is 0 Å². The number of anilines is 2.